The zero-order chi connectivity index (χ0) is 12.5. The molecular weight excluding hydrogens is 236 g/mol. The molecule has 0 atom stereocenters. The third-order valence-corrected chi connectivity index (χ3v) is 4.24. The molecule has 0 aliphatic carbocycles. The summed E-state index contributed by atoms with van der Waals surface area (Å²) in [6.45, 7) is 3.92. The third-order valence-electron chi connectivity index (χ3n) is 2.74. The van der Waals surface area contributed by atoms with E-state index < -0.39 is 9.84 Å². The number of rotatable bonds is 2. The lowest BCUT2D eigenvalue weighted by atomic mass is 10.1. The van der Waals surface area contributed by atoms with Crippen molar-refractivity contribution in [2.45, 2.75) is 37.2 Å². The Kier molecular flexibility index (Phi) is 3.00. The highest BCUT2D eigenvalue weighted by molar-refractivity contribution is 7.94. The Labute approximate surface area is 102 Å². The van der Waals surface area contributed by atoms with Gasteiger partial charge in [0, 0.05) is 6.42 Å². The van der Waals surface area contributed by atoms with Crippen LogP contribution in [0.5, 0.6) is 0 Å². The highest BCUT2D eigenvalue weighted by Gasteiger charge is 2.29. The molecule has 1 aromatic rings. The van der Waals surface area contributed by atoms with Gasteiger partial charge in [0.1, 0.15) is 11.4 Å². The fraction of sp³-hybridized carbons (Fsp3) is 0.385. The Bertz CT molecular complexity index is 527. The summed E-state index contributed by atoms with van der Waals surface area (Å²) in [5.41, 5.74) is -0.252. The molecule has 1 heterocycles. The van der Waals surface area contributed by atoms with Gasteiger partial charge in [0.2, 0.25) is 9.84 Å². The number of sulfone groups is 1. The molecule has 0 amide bonds. The molecule has 2 rings (SSSR count). The van der Waals surface area contributed by atoms with Crippen molar-refractivity contribution < 1.29 is 13.2 Å². The first-order valence-corrected chi connectivity index (χ1v) is 7.13. The summed E-state index contributed by atoms with van der Waals surface area (Å²) < 4.78 is 29.7. The lowest BCUT2D eigenvalue weighted by Gasteiger charge is -2.16. The molecule has 4 heteroatoms. The van der Waals surface area contributed by atoms with Crippen LogP contribution in [0, 0.1) is 0 Å². The maximum absolute atomic E-state index is 12.0. The van der Waals surface area contributed by atoms with E-state index >= 15 is 0 Å². The molecule has 1 aromatic carbocycles. The molecule has 17 heavy (non-hydrogen) atoms. The van der Waals surface area contributed by atoms with Crippen molar-refractivity contribution in [2.75, 3.05) is 0 Å². The van der Waals surface area contributed by atoms with Gasteiger partial charge in [-0.15, -0.1) is 0 Å². The van der Waals surface area contributed by atoms with Crippen LogP contribution in [0.3, 0.4) is 0 Å². The van der Waals surface area contributed by atoms with E-state index in [4.69, 9.17) is 4.74 Å². The Morgan fingerprint density at radius 2 is 1.88 bits per heavy atom. The highest BCUT2D eigenvalue weighted by Crippen LogP contribution is 2.33. The Morgan fingerprint density at radius 3 is 2.41 bits per heavy atom. The minimum atomic E-state index is -3.38. The first kappa shape index (κ1) is 12.2. The number of hydrogen-bond acceptors (Lipinski definition) is 3. The lowest BCUT2D eigenvalue weighted by molar-refractivity contribution is 0.0770. The van der Waals surface area contributed by atoms with Gasteiger partial charge in [-0.25, -0.2) is 8.42 Å². The van der Waals surface area contributed by atoms with Crippen molar-refractivity contribution in [1.29, 1.82) is 0 Å². The fourth-order valence-electron chi connectivity index (χ4n) is 1.82. The molecule has 1 aliphatic rings. The van der Waals surface area contributed by atoms with Gasteiger partial charge < -0.3 is 4.74 Å². The van der Waals surface area contributed by atoms with Gasteiger partial charge in [0.15, 0.2) is 0 Å². The van der Waals surface area contributed by atoms with E-state index in [9.17, 15) is 8.42 Å². The average molecular weight is 252 g/mol. The molecule has 0 bridgehead atoms. The van der Waals surface area contributed by atoms with E-state index in [1.165, 1.54) is 5.41 Å². The molecule has 0 saturated carbocycles. The zero-order valence-electron chi connectivity index (χ0n) is 10.0. The van der Waals surface area contributed by atoms with Crippen LogP contribution in [0.15, 0.2) is 46.4 Å². The smallest absolute Gasteiger partial charge is 0.203 e. The first-order chi connectivity index (χ1) is 7.89. The van der Waals surface area contributed by atoms with Gasteiger partial charge in [-0.1, -0.05) is 18.2 Å². The SMILES string of the molecule is CC1(C)CC/C(=C\S(=O)(=O)c2ccccc2)O1. The van der Waals surface area contributed by atoms with Crippen molar-refractivity contribution in [3.8, 4) is 0 Å². The quantitative estimate of drug-likeness (QED) is 0.813. The van der Waals surface area contributed by atoms with Crippen LogP contribution in [0.25, 0.3) is 0 Å². The topological polar surface area (TPSA) is 43.4 Å². The summed E-state index contributed by atoms with van der Waals surface area (Å²) in [5, 5.41) is 1.25. The highest BCUT2D eigenvalue weighted by atomic mass is 32.2. The van der Waals surface area contributed by atoms with E-state index in [0.29, 0.717) is 17.1 Å². The normalized spacial score (nSPS) is 21.4. The van der Waals surface area contributed by atoms with Crippen LogP contribution >= 0.6 is 0 Å². The predicted molar refractivity (Wildman–Crippen MR) is 66.1 cm³/mol. The standard InChI is InChI=1S/C13H16O3S/c1-13(2)9-8-11(16-13)10-17(14,15)12-6-4-3-5-7-12/h3-7,10H,8-9H2,1-2H3/b11-10+. The van der Waals surface area contributed by atoms with Crippen molar-refractivity contribution >= 4 is 9.84 Å². The van der Waals surface area contributed by atoms with Crippen molar-refractivity contribution in [2.24, 2.45) is 0 Å². The molecule has 0 unspecified atom stereocenters. The maximum Gasteiger partial charge on any atom is 0.203 e. The first-order valence-electron chi connectivity index (χ1n) is 5.59. The molecule has 1 fully saturated rings. The zero-order valence-corrected chi connectivity index (χ0v) is 10.8. The molecule has 0 spiro atoms. The van der Waals surface area contributed by atoms with E-state index in [-0.39, 0.29) is 5.60 Å². The summed E-state index contributed by atoms with van der Waals surface area (Å²) in [6.07, 6.45) is 1.53. The Morgan fingerprint density at radius 1 is 1.24 bits per heavy atom. The molecule has 1 saturated heterocycles. The molecule has 1 aliphatic heterocycles. The second kappa shape index (κ2) is 4.18. The van der Waals surface area contributed by atoms with E-state index in [1.54, 1.807) is 30.3 Å². The lowest BCUT2D eigenvalue weighted by Crippen LogP contribution is -2.15. The Balaban J connectivity index is 2.28. The van der Waals surface area contributed by atoms with Gasteiger partial charge in [-0.2, -0.15) is 0 Å². The number of ether oxygens (including phenoxy) is 1. The second-order valence-corrected chi connectivity index (χ2v) is 6.60. The molecule has 0 aromatic heterocycles. The fourth-order valence-corrected chi connectivity index (χ4v) is 3.00. The van der Waals surface area contributed by atoms with Crippen LogP contribution in [0.1, 0.15) is 26.7 Å². The Hall–Kier alpha value is -1.29. The van der Waals surface area contributed by atoms with Crippen molar-refractivity contribution in [1.82, 2.24) is 0 Å². The molecule has 92 valence electrons. The molecule has 0 radical (unpaired) electrons. The largest absolute Gasteiger partial charge is 0.491 e. The third kappa shape index (κ3) is 2.88. The summed E-state index contributed by atoms with van der Waals surface area (Å²) >= 11 is 0. The number of benzene rings is 1. The average Bonchev–Trinajstić information content (AvgIpc) is 2.58. The van der Waals surface area contributed by atoms with Gasteiger partial charge in [-0.05, 0) is 32.4 Å². The van der Waals surface area contributed by atoms with Gasteiger partial charge in [0.05, 0.1) is 10.3 Å². The van der Waals surface area contributed by atoms with E-state index in [1.807, 2.05) is 13.8 Å². The van der Waals surface area contributed by atoms with Crippen molar-refractivity contribution in [3.63, 3.8) is 0 Å². The van der Waals surface area contributed by atoms with Gasteiger partial charge in [0.25, 0.3) is 0 Å². The van der Waals surface area contributed by atoms with E-state index in [2.05, 4.69) is 0 Å². The second-order valence-electron chi connectivity index (χ2n) is 4.80. The minimum Gasteiger partial charge on any atom is -0.491 e. The summed E-state index contributed by atoms with van der Waals surface area (Å²) in [4.78, 5) is 0.306. The monoisotopic (exact) mass is 252 g/mol. The number of allylic oxidation sites excluding steroid dienone is 1. The van der Waals surface area contributed by atoms with Crippen LogP contribution in [0.4, 0.5) is 0 Å². The number of hydrogen-bond donors (Lipinski definition) is 0. The predicted octanol–water partition coefficient (Wildman–Crippen LogP) is 2.89. The minimum absolute atomic E-state index is 0.252. The van der Waals surface area contributed by atoms with Crippen LogP contribution in [-0.4, -0.2) is 14.0 Å². The van der Waals surface area contributed by atoms with Gasteiger partial charge in [-0.3, -0.25) is 0 Å². The maximum atomic E-state index is 12.0. The van der Waals surface area contributed by atoms with Gasteiger partial charge >= 0.3 is 0 Å². The molecular formula is C13H16O3S. The molecule has 0 N–H and O–H groups in total. The summed E-state index contributed by atoms with van der Waals surface area (Å²) in [6, 6.07) is 8.40. The van der Waals surface area contributed by atoms with Crippen LogP contribution in [-0.2, 0) is 14.6 Å². The van der Waals surface area contributed by atoms with Crippen molar-refractivity contribution in [3.05, 3.63) is 41.5 Å². The summed E-state index contributed by atoms with van der Waals surface area (Å²) in [7, 11) is -3.38. The molecule has 3 nitrogen and oxygen atoms in total. The van der Waals surface area contributed by atoms with Crippen LogP contribution in [0.2, 0.25) is 0 Å². The van der Waals surface area contributed by atoms with Crippen LogP contribution < -0.4 is 0 Å². The van der Waals surface area contributed by atoms with E-state index in [0.717, 1.165) is 6.42 Å². The summed E-state index contributed by atoms with van der Waals surface area (Å²) in [5.74, 6) is 0.554.